The van der Waals surface area contributed by atoms with Crippen molar-refractivity contribution in [3.63, 3.8) is 0 Å². The summed E-state index contributed by atoms with van der Waals surface area (Å²) in [6.45, 7) is 2.97. The van der Waals surface area contributed by atoms with Crippen LogP contribution < -0.4 is 15.4 Å². The first kappa shape index (κ1) is 22.1. The number of carbonyl (C=O) groups excluding carboxylic acids is 1. The van der Waals surface area contributed by atoms with Gasteiger partial charge in [0.15, 0.2) is 0 Å². The van der Waals surface area contributed by atoms with Crippen LogP contribution in [0.15, 0.2) is 84.9 Å². The highest BCUT2D eigenvalue weighted by atomic mass is 16.5. The molecule has 1 fully saturated rings. The molecule has 1 aliphatic rings. The molecule has 1 heterocycles. The molecular weight excluding hydrogens is 398 g/mol. The van der Waals surface area contributed by atoms with Crippen LogP contribution in [0.1, 0.15) is 23.1 Å². The van der Waals surface area contributed by atoms with Gasteiger partial charge in [-0.1, -0.05) is 72.8 Å². The lowest BCUT2D eigenvalue weighted by Crippen LogP contribution is -2.41. The molecule has 4 rings (SSSR count). The SMILES string of the molecule is CNC(=O)[C@@H]1C[C@H](NCc2ccc(OCc3ccccc3)cc2)CN1Cc1ccccc1. The lowest BCUT2D eigenvalue weighted by molar-refractivity contribution is -0.125. The first-order valence-electron chi connectivity index (χ1n) is 11.2. The second-order valence-electron chi connectivity index (χ2n) is 8.28. The average molecular weight is 430 g/mol. The summed E-state index contributed by atoms with van der Waals surface area (Å²) in [5.41, 5.74) is 3.59. The third kappa shape index (κ3) is 5.96. The Kier molecular flexibility index (Phi) is 7.54. The van der Waals surface area contributed by atoms with E-state index in [1.165, 1.54) is 11.1 Å². The molecule has 0 aromatic heterocycles. The van der Waals surface area contributed by atoms with Crippen LogP contribution in [-0.2, 0) is 24.5 Å². The second kappa shape index (κ2) is 10.9. The molecular formula is C27H31N3O2. The molecule has 2 N–H and O–H groups in total. The maximum Gasteiger partial charge on any atom is 0.237 e. The number of likely N-dealkylation sites (N-methyl/N-ethyl adjacent to an activating group) is 1. The first-order valence-corrected chi connectivity index (χ1v) is 11.2. The number of hydrogen-bond donors (Lipinski definition) is 2. The Bertz CT molecular complexity index is 977. The molecule has 0 radical (unpaired) electrons. The van der Waals surface area contributed by atoms with Crippen molar-refractivity contribution in [2.24, 2.45) is 0 Å². The van der Waals surface area contributed by atoms with Gasteiger partial charge in [0.1, 0.15) is 12.4 Å². The van der Waals surface area contributed by atoms with Gasteiger partial charge >= 0.3 is 0 Å². The van der Waals surface area contributed by atoms with Crippen LogP contribution in [0.4, 0.5) is 0 Å². The number of hydrogen-bond acceptors (Lipinski definition) is 4. The summed E-state index contributed by atoms with van der Waals surface area (Å²) >= 11 is 0. The number of ether oxygens (including phenoxy) is 1. The zero-order chi connectivity index (χ0) is 22.2. The fourth-order valence-corrected chi connectivity index (χ4v) is 4.19. The van der Waals surface area contributed by atoms with E-state index in [0.29, 0.717) is 6.61 Å². The molecule has 5 nitrogen and oxygen atoms in total. The van der Waals surface area contributed by atoms with Crippen LogP contribution >= 0.6 is 0 Å². The molecule has 32 heavy (non-hydrogen) atoms. The topological polar surface area (TPSA) is 53.6 Å². The summed E-state index contributed by atoms with van der Waals surface area (Å²) in [7, 11) is 1.71. The fraction of sp³-hybridized carbons (Fsp3) is 0.296. The smallest absolute Gasteiger partial charge is 0.237 e. The standard InChI is InChI=1S/C27H31N3O2/c1-28-27(31)26-16-24(19-30(26)18-22-8-4-2-5-9-22)29-17-21-12-14-25(15-13-21)32-20-23-10-6-3-7-11-23/h2-15,24,26,29H,16-20H2,1H3,(H,28,31)/t24-,26-/m0/s1. The number of amides is 1. The van der Waals surface area contributed by atoms with Gasteiger partial charge in [0.25, 0.3) is 0 Å². The minimum Gasteiger partial charge on any atom is -0.489 e. The molecule has 0 saturated carbocycles. The first-order chi connectivity index (χ1) is 15.7. The molecule has 166 valence electrons. The van der Waals surface area contributed by atoms with Crippen molar-refractivity contribution in [3.8, 4) is 5.75 Å². The van der Waals surface area contributed by atoms with E-state index in [9.17, 15) is 4.79 Å². The molecule has 5 heteroatoms. The number of carbonyl (C=O) groups is 1. The molecule has 0 aliphatic carbocycles. The lowest BCUT2D eigenvalue weighted by atomic mass is 10.1. The van der Waals surface area contributed by atoms with E-state index >= 15 is 0 Å². The van der Waals surface area contributed by atoms with Crippen molar-refractivity contribution < 1.29 is 9.53 Å². The Morgan fingerprint density at radius 3 is 2.22 bits per heavy atom. The Morgan fingerprint density at radius 2 is 1.56 bits per heavy atom. The quantitative estimate of drug-likeness (QED) is 0.544. The van der Waals surface area contributed by atoms with Gasteiger partial charge in [-0.05, 0) is 35.2 Å². The van der Waals surface area contributed by atoms with Crippen molar-refractivity contribution >= 4 is 5.91 Å². The summed E-state index contributed by atoms with van der Waals surface area (Å²) in [6, 6.07) is 28.9. The molecule has 1 amide bonds. The van der Waals surface area contributed by atoms with Crippen LogP contribution in [0.3, 0.4) is 0 Å². The predicted molar refractivity (Wildman–Crippen MR) is 127 cm³/mol. The van der Waals surface area contributed by atoms with E-state index in [1.807, 2.05) is 48.5 Å². The zero-order valence-electron chi connectivity index (χ0n) is 18.5. The van der Waals surface area contributed by atoms with E-state index in [4.69, 9.17) is 4.74 Å². The summed E-state index contributed by atoms with van der Waals surface area (Å²) < 4.78 is 5.88. The normalized spacial score (nSPS) is 18.4. The Labute approximate surface area is 190 Å². The molecule has 1 saturated heterocycles. The van der Waals surface area contributed by atoms with E-state index in [0.717, 1.165) is 37.4 Å². The highest BCUT2D eigenvalue weighted by molar-refractivity contribution is 5.81. The zero-order valence-corrected chi connectivity index (χ0v) is 18.5. The molecule has 0 unspecified atom stereocenters. The number of likely N-dealkylation sites (tertiary alicyclic amines) is 1. The summed E-state index contributed by atoms with van der Waals surface area (Å²) in [6.07, 6.45) is 0.810. The summed E-state index contributed by atoms with van der Waals surface area (Å²) in [4.78, 5) is 14.7. The van der Waals surface area contributed by atoms with Crippen LogP contribution in [0.25, 0.3) is 0 Å². The monoisotopic (exact) mass is 429 g/mol. The molecule has 2 atom stereocenters. The van der Waals surface area contributed by atoms with Gasteiger partial charge in [0, 0.05) is 32.7 Å². The third-order valence-corrected chi connectivity index (χ3v) is 5.95. The van der Waals surface area contributed by atoms with Crippen LogP contribution in [0.2, 0.25) is 0 Å². The maximum atomic E-state index is 12.4. The van der Waals surface area contributed by atoms with E-state index in [1.54, 1.807) is 7.05 Å². The molecule has 1 aliphatic heterocycles. The molecule has 0 spiro atoms. The number of benzene rings is 3. The highest BCUT2D eigenvalue weighted by Crippen LogP contribution is 2.22. The Balaban J connectivity index is 1.29. The van der Waals surface area contributed by atoms with Gasteiger partial charge in [-0.2, -0.15) is 0 Å². The van der Waals surface area contributed by atoms with E-state index in [-0.39, 0.29) is 18.0 Å². The van der Waals surface area contributed by atoms with Crippen molar-refractivity contribution in [1.82, 2.24) is 15.5 Å². The highest BCUT2D eigenvalue weighted by Gasteiger charge is 2.35. The van der Waals surface area contributed by atoms with Crippen molar-refractivity contribution in [3.05, 3.63) is 102 Å². The van der Waals surface area contributed by atoms with E-state index in [2.05, 4.69) is 51.9 Å². The van der Waals surface area contributed by atoms with Gasteiger partial charge in [-0.15, -0.1) is 0 Å². The largest absolute Gasteiger partial charge is 0.489 e. The Morgan fingerprint density at radius 1 is 0.906 bits per heavy atom. The summed E-state index contributed by atoms with van der Waals surface area (Å²) in [5, 5.41) is 6.46. The van der Waals surface area contributed by atoms with Gasteiger partial charge in [-0.25, -0.2) is 0 Å². The molecule has 3 aromatic rings. The fourth-order valence-electron chi connectivity index (χ4n) is 4.19. The van der Waals surface area contributed by atoms with Crippen LogP contribution in [-0.4, -0.2) is 36.5 Å². The average Bonchev–Trinajstić information content (AvgIpc) is 3.25. The molecule has 3 aromatic carbocycles. The van der Waals surface area contributed by atoms with Crippen LogP contribution in [0.5, 0.6) is 5.75 Å². The molecule has 0 bridgehead atoms. The van der Waals surface area contributed by atoms with Crippen molar-refractivity contribution in [1.29, 1.82) is 0 Å². The minimum atomic E-state index is -0.105. The van der Waals surface area contributed by atoms with Gasteiger partial charge in [0.2, 0.25) is 5.91 Å². The number of rotatable bonds is 9. The lowest BCUT2D eigenvalue weighted by Gasteiger charge is -2.22. The minimum absolute atomic E-state index is 0.0881. The van der Waals surface area contributed by atoms with Gasteiger partial charge in [-0.3, -0.25) is 9.69 Å². The third-order valence-electron chi connectivity index (χ3n) is 5.95. The van der Waals surface area contributed by atoms with Crippen molar-refractivity contribution in [2.75, 3.05) is 13.6 Å². The maximum absolute atomic E-state index is 12.4. The summed E-state index contributed by atoms with van der Waals surface area (Å²) in [5.74, 6) is 0.956. The second-order valence-corrected chi connectivity index (χ2v) is 8.28. The number of nitrogens with zero attached hydrogens (tertiary/aromatic N) is 1. The predicted octanol–water partition coefficient (Wildman–Crippen LogP) is 3.74. The van der Waals surface area contributed by atoms with E-state index < -0.39 is 0 Å². The van der Waals surface area contributed by atoms with Gasteiger partial charge in [0.05, 0.1) is 6.04 Å². The Hall–Kier alpha value is -3.15. The van der Waals surface area contributed by atoms with Crippen LogP contribution in [0, 0.1) is 0 Å². The van der Waals surface area contributed by atoms with Gasteiger partial charge < -0.3 is 15.4 Å². The number of nitrogens with one attached hydrogen (secondary N) is 2. The van der Waals surface area contributed by atoms with Crippen molar-refractivity contribution in [2.45, 2.75) is 38.2 Å².